The Balaban J connectivity index is 2.88. The minimum absolute atomic E-state index is 0.0773. The first kappa shape index (κ1) is 15.5. The van der Waals surface area contributed by atoms with E-state index in [1.54, 1.807) is 6.07 Å². The Labute approximate surface area is 116 Å². The predicted octanol–water partition coefficient (Wildman–Crippen LogP) is 1.99. The highest BCUT2D eigenvalue weighted by atomic mass is 16.2. The van der Waals surface area contributed by atoms with Crippen molar-refractivity contribution in [2.75, 3.05) is 39.5 Å². The van der Waals surface area contributed by atoms with Crippen molar-refractivity contribution in [2.24, 2.45) is 0 Å². The lowest BCUT2D eigenvalue weighted by Gasteiger charge is -2.24. The van der Waals surface area contributed by atoms with Gasteiger partial charge in [-0.3, -0.25) is 4.79 Å². The van der Waals surface area contributed by atoms with Gasteiger partial charge >= 0.3 is 0 Å². The molecular weight excluding hydrogens is 238 g/mol. The van der Waals surface area contributed by atoms with Crippen molar-refractivity contribution in [1.29, 1.82) is 0 Å². The standard InChI is InChI=1S/C15H25N3O/c1-5-8-18(10-9-17(3)4)15(19)14-11-13(16)7-6-12(14)2/h6-7,11H,5,8-10,16H2,1-4H3. The first-order chi connectivity index (χ1) is 8.95. The molecule has 1 rings (SSSR count). The zero-order valence-corrected chi connectivity index (χ0v) is 12.4. The van der Waals surface area contributed by atoms with E-state index in [1.165, 1.54) is 0 Å². The Bertz CT molecular complexity index is 429. The highest BCUT2D eigenvalue weighted by Crippen LogP contribution is 2.15. The van der Waals surface area contributed by atoms with Crippen LogP contribution >= 0.6 is 0 Å². The summed E-state index contributed by atoms with van der Waals surface area (Å²) < 4.78 is 0. The van der Waals surface area contributed by atoms with Crippen molar-refractivity contribution in [3.05, 3.63) is 29.3 Å². The average Bonchev–Trinajstić information content (AvgIpc) is 2.36. The monoisotopic (exact) mass is 263 g/mol. The molecule has 0 unspecified atom stereocenters. The normalized spacial score (nSPS) is 10.8. The fraction of sp³-hybridized carbons (Fsp3) is 0.533. The number of benzene rings is 1. The molecule has 0 bridgehead atoms. The number of hydrogen-bond acceptors (Lipinski definition) is 3. The van der Waals surface area contributed by atoms with Gasteiger partial charge in [0.2, 0.25) is 0 Å². The van der Waals surface area contributed by atoms with Gasteiger partial charge < -0.3 is 15.5 Å². The fourth-order valence-electron chi connectivity index (χ4n) is 1.95. The molecule has 1 aromatic rings. The largest absolute Gasteiger partial charge is 0.399 e. The number of likely N-dealkylation sites (N-methyl/N-ethyl adjacent to an activating group) is 1. The third-order valence-electron chi connectivity index (χ3n) is 3.09. The van der Waals surface area contributed by atoms with Crippen LogP contribution in [0.5, 0.6) is 0 Å². The van der Waals surface area contributed by atoms with Gasteiger partial charge in [0.15, 0.2) is 0 Å². The summed E-state index contributed by atoms with van der Waals surface area (Å²) in [7, 11) is 4.03. The highest BCUT2D eigenvalue weighted by Gasteiger charge is 2.17. The summed E-state index contributed by atoms with van der Waals surface area (Å²) in [4.78, 5) is 16.6. The van der Waals surface area contributed by atoms with Crippen LogP contribution in [0.4, 0.5) is 5.69 Å². The van der Waals surface area contributed by atoms with Gasteiger partial charge in [0.25, 0.3) is 5.91 Å². The van der Waals surface area contributed by atoms with Gasteiger partial charge in [0.1, 0.15) is 0 Å². The summed E-state index contributed by atoms with van der Waals surface area (Å²) >= 11 is 0. The molecule has 0 spiro atoms. The van der Waals surface area contributed by atoms with E-state index in [4.69, 9.17) is 5.73 Å². The number of nitrogens with zero attached hydrogens (tertiary/aromatic N) is 2. The molecular formula is C15H25N3O. The van der Waals surface area contributed by atoms with Crippen LogP contribution in [0.1, 0.15) is 29.3 Å². The minimum atomic E-state index is 0.0773. The number of hydrogen-bond donors (Lipinski definition) is 1. The second-order valence-corrected chi connectivity index (χ2v) is 5.17. The first-order valence-corrected chi connectivity index (χ1v) is 6.75. The lowest BCUT2D eigenvalue weighted by Crippen LogP contribution is -2.37. The van der Waals surface area contributed by atoms with Crippen LogP contribution in [-0.2, 0) is 0 Å². The molecule has 0 aliphatic rings. The van der Waals surface area contributed by atoms with E-state index in [0.717, 1.165) is 31.6 Å². The number of nitrogen functional groups attached to an aromatic ring is 1. The molecule has 19 heavy (non-hydrogen) atoms. The molecule has 106 valence electrons. The molecule has 0 aromatic heterocycles. The van der Waals surface area contributed by atoms with Gasteiger partial charge in [-0.05, 0) is 45.1 Å². The molecule has 0 saturated heterocycles. The smallest absolute Gasteiger partial charge is 0.254 e. The fourth-order valence-corrected chi connectivity index (χ4v) is 1.95. The molecule has 4 heteroatoms. The number of amides is 1. The number of nitrogens with two attached hydrogens (primary N) is 1. The predicted molar refractivity (Wildman–Crippen MR) is 80.3 cm³/mol. The topological polar surface area (TPSA) is 49.6 Å². The van der Waals surface area contributed by atoms with Crippen LogP contribution in [-0.4, -0.2) is 49.4 Å². The molecule has 0 aliphatic carbocycles. The maximum atomic E-state index is 12.6. The zero-order chi connectivity index (χ0) is 14.4. The van der Waals surface area contributed by atoms with Crippen LogP contribution in [0.3, 0.4) is 0 Å². The second kappa shape index (κ2) is 7.14. The molecule has 2 N–H and O–H groups in total. The van der Waals surface area contributed by atoms with E-state index in [2.05, 4.69) is 11.8 Å². The maximum Gasteiger partial charge on any atom is 0.254 e. The summed E-state index contributed by atoms with van der Waals surface area (Å²) in [5.41, 5.74) is 8.11. The van der Waals surface area contributed by atoms with Crippen LogP contribution in [0, 0.1) is 6.92 Å². The van der Waals surface area contributed by atoms with Crippen LogP contribution in [0.15, 0.2) is 18.2 Å². The summed E-state index contributed by atoms with van der Waals surface area (Å²) in [6, 6.07) is 5.50. The number of aryl methyl sites for hydroxylation is 1. The summed E-state index contributed by atoms with van der Waals surface area (Å²) in [6.07, 6.45) is 0.959. The van der Waals surface area contributed by atoms with Crippen molar-refractivity contribution in [2.45, 2.75) is 20.3 Å². The zero-order valence-electron chi connectivity index (χ0n) is 12.4. The van der Waals surface area contributed by atoms with Crippen molar-refractivity contribution in [3.8, 4) is 0 Å². The van der Waals surface area contributed by atoms with Crippen LogP contribution < -0.4 is 5.73 Å². The maximum absolute atomic E-state index is 12.6. The number of anilines is 1. The van der Waals surface area contributed by atoms with Gasteiger partial charge in [-0.2, -0.15) is 0 Å². The molecule has 0 aliphatic heterocycles. The van der Waals surface area contributed by atoms with E-state index in [9.17, 15) is 4.79 Å². The Hall–Kier alpha value is -1.55. The van der Waals surface area contributed by atoms with E-state index < -0.39 is 0 Å². The SMILES string of the molecule is CCCN(CCN(C)C)C(=O)c1cc(N)ccc1C. The Morgan fingerprint density at radius 2 is 1.89 bits per heavy atom. The molecule has 1 amide bonds. The van der Waals surface area contributed by atoms with Gasteiger partial charge in [-0.1, -0.05) is 13.0 Å². The average molecular weight is 263 g/mol. The molecule has 0 atom stereocenters. The van der Waals surface area contributed by atoms with Gasteiger partial charge in [-0.15, -0.1) is 0 Å². The number of carbonyl (C=O) groups is 1. The lowest BCUT2D eigenvalue weighted by molar-refractivity contribution is 0.0744. The van der Waals surface area contributed by atoms with Crippen molar-refractivity contribution in [3.63, 3.8) is 0 Å². The quantitative estimate of drug-likeness (QED) is 0.799. The first-order valence-electron chi connectivity index (χ1n) is 6.75. The van der Waals surface area contributed by atoms with Gasteiger partial charge in [0, 0.05) is 30.9 Å². The number of rotatable bonds is 6. The van der Waals surface area contributed by atoms with Gasteiger partial charge in [0.05, 0.1) is 0 Å². The molecule has 4 nitrogen and oxygen atoms in total. The second-order valence-electron chi connectivity index (χ2n) is 5.17. The van der Waals surface area contributed by atoms with Crippen molar-refractivity contribution < 1.29 is 4.79 Å². The van der Waals surface area contributed by atoms with E-state index in [0.29, 0.717) is 11.3 Å². The third-order valence-corrected chi connectivity index (χ3v) is 3.09. The van der Waals surface area contributed by atoms with E-state index in [-0.39, 0.29) is 5.91 Å². The molecule has 1 aromatic carbocycles. The van der Waals surface area contributed by atoms with E-state index in [1.807, 2.05) is 38.1 Å². The summed E-state index contributed by atoms with van der Waals surface area (Å²) in [5.74, 6) is 0.0773. The van der Waals surface area contributed by atoms with Crippen LogP contribution in [0.25, 0.3) is 0 Å². The van der Waals surface area contributed by atoms with Crippen molar-refractivity contribution >= 4 is 11.6 Å². The summed E-state index contributed by atoms with van der Waals surface area (Å²) in [5, 5.41) is 0. The third kappa shape index (κ3) is 4.56. The molecule has 0 fully saturated rings. The van der Waals surface area contributed by atoms with Crippen LogP contribution in [0.2, 0.25) is 0 Å². The lowest BCUT2D eigenvalue weighted by atomic mass is 10.1. The van der Waals surface area contributed by atoms with Gasteiger partial charge in [-0.25, -0.2) is 0 Å². The Morgan fingerprint density at radius 1 is 1.21 bits per heavy atom. The molecule has 0 heterocycles. The highest BCUT2D eigenvalue weighted by molar-refractivity contribution is 5.96. The summed E-state index contributed by atoms with van der Waals surface area (Å²) in [6.45, 7) is 6.42. The van der Waals surface area contributed by atoms with Crippen molar-refractivity contribution in [1.82, 2.24) is 9.80 Å². The molecule has 0 radical (unpaired) electrons. The Morgan fingerprint density at radius 3 is 2.47 bits per heavy atom. The van der Waals surface area contributed by atoms with E-state index >= 15 is 0 Å². The number of carbonyl (C=O) groups excluding carboxylic acids is 1. The minimum Gasteiger partial charge on any atom is -0.399 e. The molecule has 0 saturated carbocycles. The Kier molecular flexibility index (Phi) is 5.83.